The molecule has 0 heterocycles. The lowest BCUT2D eigenvalue weighted by molar-refractivity contribution is 0.300. The molecule has 0 saturated carbocycles. The molecule has 2 nitrogen and oxygen atoms in total. The van der Waals surface area contributed by atoms with Crippen LogP contribution in [0, 0.1) is 0 Å². The fourth-order valence-electron chi connectivity index (χ4n) is 1.52. The Morgan fingerprint density at radius 2 is 1.69 bits per heavy atom. The van der Waals surface area contributed by atoms with Gasteiger partial charge in [-0.05, 0) is 37.4 Å². The highest BCUT2D eigenvalue weighted by atomic mass is 32.1. The lowest BCUT2D eigenvalue weighted by atomic mass is 10.2. The smallest absolute Gasteiger partial charge is 0.0348 e. The minimum atomic E-state index is 0.493. The standard InChI is InChI=1S/C13H26N2S/c1-5-14(6-2)11-12-15(7-3)10-8-9-13(4)16/h5,7,13,16H,1,3,6,8-12H2,2,4H3. The molecule has 1 atom stereocenters. The molecule has 0 saturated heterocycles. The van der Waals surface area contributed by atoms with E-state index in [9.17, 15) is 0 Å². The Morgan fingerprint density at radius 1 is 1.12 bits per heavy atom. The third-order valence-electron chi connectivity index (χ3n) is 2.66. The molecule has 0 fully saturated rings. The summed E-state index contributed by atoms with van der Waals surface area (Å²) < 4.78 is 0. The van der Waals surface area contributed by atoms with Crippen LogP contribution in [0.1, 0.15) is 26.7 Å². The van der Waals surface area contributed by atoms with E-state index in [1.54, 1.807) is 0 Å². The van der Waals surface area contributed by atoms with Gasteiger partial charge >= 0.3 is 0 Å². The van der Waals surface area contributed by atoms with Gasteiger partial charge < -0.3 is 9.80 Å². The SMILES string of the molecule is C=CN(CC)CCN(C=C)CCCC(C)S. The van der Waals surface area contributed by atoms with Crippen LogP contribution in [0.15, 0.2) is 25.6 Å². The van der Waals surface area contributed by atoms with Crippen LogP contribution < -0.4 is 0 Å². The van der Waals surface area contributed by atoms with Crippen molar-refractivity contribution in [2.75, 3.05) is 26.2 Å². The molecule has 1 unspecified atom stereocenters. The van der Waals surface area contributed by atoms with Crippen molar-refractivity contribution in [2.24, 2.45) is 0 Å². The van der Waals surface area contributed by atoms with Crippen LogP contribution in [0.4, 0.5) is 0 Å². The minimum absolute atomic E-state index is 0.493. The van der Waals surface area contributed by atoms with E-state index >= 15 is 0 Å². The molecule has 0 amide bonds. The van der Waals surface area contributed by atoms with Crippen molar-refractivity contribution in [3.05, 3.63) is 25.6 Å². The zero-order chi connectivity index (χ0) is 12.4. The molecular weight excluding hydrogens is 216 g/mol. The van der Waals surface area contributed by atoms with E-state index in [1.165, 1.54) is 6.42 Å². The normalized spacial score (nSPS) is 11.9. The maximum Gasteiger partial charge on any atom is 0.0348 e. The Hall–Kier alpha value is -0.570. The number of hydrogen-bond donors (Lipinski definition) is 1. The summed E-state index contributed by atoms with van der Waals surface area (Å²) in [5, 5.41) is 0.493. The Labute approximate surface area is 106 Å². The van der Waals surface area contributed by atoms with Gasteiger partial charge in [0.1, 0.15) is 0 Å². The van der Waals surface area contributed by atoms with Gasteiger partial charge in [-0.3, -0.25) is 0 Å². The van der Waals surface area contributed by atoms with Gasteiger partial charge in [-0.25, -0.2) is 0 Å². The Bertz CT molecular complexity index is 192. The van der Waals surface area contributed by atoms with Gasteiger partial charge in [0.15, 0.2) is 0 Å². The number of nitrogens with zero attached hydrogens (tertiary/aromatic N) is 2. The van der Waals surface area contributed by atoms with Crippen LogP contribution in [-0.4, -0.2) is 41.2 Å². The Balaban J connectivity index is 3.73. The maximum atomic E-state index is 4.38. The predicted molar refractivity (Wildman–Crippen MR) is 76.9 cm³/mol. The number of thiol groups is 1. The number of likely N-dealkylation sites (N-methyl/N-ethyl adjacent to an activating group) is 1. The summed E-state index contributed by atoms with van der Waals surface area (Å²) in [5.41, 5.74) is 0. The van der Waals surface area contributed by atoms with Crippen molar-refractivity contribution < 1.29 is 0 Å². The second kappa shape index (κ2) is 9.64. The maximum absolute atomic E-state index is 4.38. The largest absolute Gasteiger partial charge is 0.376 e. The van der Waals surface area contributed by atoms with E-state index in [-0.39, 0.29) is 0 Å². The molecule has 0 aromatic rings. The molecule has 0 bridgehead atoms. The molecular formula is C13H26N2S. The van der Waals surface area contributed by atoms with Crippen LogP contribution in [-0.2, 0) is 0 Å². The molecule has 94 valence electrons. The summed E-state index contributed by atoms with van der Waals surface area (Å²) in [7, 11) is 0. The van der Waals surface area contributed by atoms with Gasteiger partial charge in [-0.15, -0.1) is 0 Å². The fraction of sp³-hybridized carbons (Fsp3) is 0.692. The third kappa shape index (κ3) is 7.69. The van der Waals surface area contributed by atoms with Crippen molar-refractivity contribution >= 4 is 12.6 Å². The van der Waals surface area contributed by atoms with Gasteiger partial charge in [0.25, 0.3) is 0 Å². The minimum Gasteiger partial charge on any atom is -0.376 e. The highest BCUT2D eigenvalue weighted by Gasteiger charge is 2.02. The second-order valence-electron chi connectivity index (χ2n) is 4.02. The lowest BCUT2D eigenvalue weighted by Gasteiger charge is -2.25. The highest BCUT2D eigenvalue weighted by Crippen LogP contribution is 2.04. The van der Waals surface area contributed by atoms with Crippen molar-refractivity contribution in [3.8, 4) is 0 Å². The van der Waals surface area contributed by atoms with E-state index < -0.39 is 0 Å². The molecule has 0 aliphatic carbocycles. The first-order chi connectivity index (χ1) is 7.63. The summed E-state index contributed by atoms with van der Waals surface area (Å²) in [6, 6.07) is 0. The first-order valence-corrected chi connectivity index (χ1v) is 6.57. The fourth-order valence-corrected chi connectivity index (χ4v) is 1.70. The molecule has 0 aliphatic heterocycles. The van der Waals surface area contributed by atoms with E-state index in [1.807, 2.05) is 12.4 Å². The van der Waals surface area contributed by atoms with E-state index in [0.717, 1.165) is 32.6 Å². The average molecular weight is 242 g/mol. The Morgan fingerprint density at radius 3 is 2.12 bits per heavy atom. The molecule has 0 aromatic carbocycles. The molecule has 0 rings (SSSR count). The average Bonchev–Trinajstić information content (AvgIpc) is 2.27. The summed E-state index contributed by atoms with van der Waals surface area (Å²) in [6.07, 6.45) is 6.17. The van der Waals surface area contributed by atoms with Crippen LogP contribution in [0.2, 0.25) is 0 Å². The van der Waals surface area contributed by atoms with Gasteiger partial charge in [0.2, 0.25) is 0 Å². The van der Waals surface area contributed by atoms with Gasteiger partial charge in [-0.2, -0.15) is 12.6 Å². The van der Waals surface area contributed by atoms with Crippen molar-refractivity contribution in [1.82, 2.24) is 9.80 Å². The first-order valence-electron chi connectivity index (χ1n) is 6.05. The summed E-state index contributed by atoms with van der Waals surface area (Å²) in [6.45, 7) is 16.0. The van der Waals surface area contributed by atoms with E-state index in [2.05, 4.69) is 49.4 Å². The van der Waals surface area contributed by atoms with Crippen LogP contribution in [0.25, 0.3) is 0 Å². The zero-order valence-corrected chi connectivity index (χ0v) is 11.6. The summed E-state index contributed by atoms with van der Waals surface area (Å²) in [5.74, 6) is 0. The van der Waals surface area contributed by atoms with Gasteiger partial charge in [0, 0.05) is 26.2 Å². The molecule has 0 spiro atoms. The molecule has 3 heteroatoms. The third-order valence-corrected chi connectivity index (χ3v) is 2.92. The lowest BCUT2D eigenvalue weighted by Crippen LogP contribution is -2.30. The zero-order valence-electron chi connectivity index (χ0n) is 10.7. The highest BCUT2D eigenvalue weighted by molar-refractivity contribution is 7.80. The van der Waals surface area contributed by atoms with Crippen molar-refractivity contribution in [2.45, 2.75) is 31.9 Å². The van der Waals surface area contributed by atoms with Crippen LogP contribution >= 0.6 is 12.6 Å². The van der Waals surface area contributed by atoms with Crippen LogP contribution in [0.3, 0.4) is 0 Å². The van der Waals surface area contributed by atoms with Gasteiger partial charge in [0.05, 0.1) is 0 Å². The van der Waals surface area contributed by atoms with Crippen molar-refractivity contribution in [3.63, 3.8) is 0 Å². The van der Waals surface area contributed by atoms with Gasteiger partial charge in [-0.1, -0.05) is 20.1 Å². The quantitative estimate of drug-likeness (QED) is 0.588. The molecule has 0 aromatic heterocycles. The predicted octanol–water partition coefficient (Wildman–Crippen LogP) is 3.00. The number of rotatable bonds is 10. The number of hydrogen-bond acceptors (Lipinski definition) is 3. The summed E-state index contributed by atoms with van der Waals surface area (Å²) in [4.78, 5) is 4.47. The van der Waals surface area contributed by atoms with Crippen LogP contribution in [0.5, 0.6) is 0 Å². The first kappa shape index (κ1) is 15.4. The molecule has 0 radical (unpaired) electrons. The molecule has 16 heavy (non-hydrogen) atoms. The van der Waals surface area contributed by atoms with E-state index in [0.29, 0.717) is 5.25 Å². The summed E-state index contributed by atoms with van der Waals surface area (Å²) >= 11 is 4.38. The van der Waals surface area contributed by atoms with Crippen molar-refractivity contribution in [1.29, 1.82) is 0 Å². The van der Waals surface area contributed by atoms with E-state index in [4.69, 9.17) is 0 Å². The Kier molecular flexibility index (Phi) is 9.30. The topological polar surface area (TPSA) is 6.48 Å². The molecule has 0 N–H and O–H groups in total. The monoisotopic (exact) mass is 242 g/mol. The second-order valence-corrected chi connectivity index (χ2v) is 4.90. The molecule has 0 aliphatic rings.